The molecule has 0 bridgehead atoms. The summed E-state index contributed by atoms with van der Waals surface area (Å²) in [4.78, 5) is 12.8. The summed E-state index contributed by atoms with van der Waals surface area (Å²) < 4.78 is 27.2. The number of thiophene rings is 1. The minimum absolute atomic E-state index is 0. The number of rotatable bonds is 5. The summed E-state index contributed by atoms with van der Waals surface area (Å²) in [6.45, 7) is 7.01. The topological polar surface area (TPSA) is 92.5 Å². The second-order valence-corrected chi connectivity index (χ2v) is 10.6. The highest BCUT2D eigenvalue weighted by Gasteiger charge is 2.30. The van der Waals surface area contributed by atoms with Crippen LogP contribution in [0.5, 0.6) is 0 Å². The normalized spacial score (nSPS) is 19.3. The summed E-state index contributed by atoms with van der Waals surface area (Å²) in [5, 5.41) is 2.88. The lowest BCUT2D eigenvalue weighted by atomic mass is 9.96. The lowest BCUT2D eigenvalue weighted by molar-refractivity contribution is -0.128. The Morgan fingerprint density at radius 1 is 1.40 bits per heavy atom. The minimum Gasteiger partial charge on any atom is -0.355 e. The summed E-state index contributed by atoms with van der Waals surface area (Å²) >= 11 is 1.27. The van der Waals surface area contributed by atoms with Crippen molar-refractivity contribution in [2.45, 2.75) is 50.3 Å². The number of hydrogen-bond donors (Lipinski definition) is 2. The van der Waals surface area contributed by atoms with Crippen LogP contribution < -0.4 is 11.1 Å². The first-order valence-electron chi connectivity index (χ1n) is 8.23. The maximum Gasteiger partial charge on any atom is 0.252 e. The lowest BCUT2D eigenvalue weighted by Gasteiger charge is -2.29. The van der Waals surface area contributed by atoms with Crippen LogP contribution in [-0.2, 0) is 21.2 Å². The first-order valence-corrected chi connectivity index (χ1v) is 10.5. The summed E-state index contributed by atoms with van der Waals surface area (Å²) in [6, 6.07) is 3.40. The molecule has 2 heterocycles. The molecule has 1 aromatic rings. The van der Waals surface area contributed by atoms with Crippen molar-refractivity contribution in [2.75, 3.05) is 19.6 Å². The van der Waals surface area contributed by atoms with Crippen molar-refractivity contribution in [3.8, 4) is 0 Å². The van der Waals surface area contributed by atoms with E-state index in [0.717, 1.165) is 17.7 Å². The molecule has 0 spiro atoms. The van der Waals surface area contributed by atoms with Gasteiger partial charge in [0.25, 0.3) is 10.0 Å². The number of halogens is 1. The number of hydrogen-bond acceptors (Lipinski definition) is 5. The second-order valence-electron chi connectivity index (χ2n) is 7.24. The quantitative estimate of drug-likeness (QED) is 0.777. The first-order chi connectivity index (χ1) is 11.1. The standard InChI is InChI=1S/C16H27N3O3S2.ClH/c1-16(2,3)15(20)18-9-8-13-6-7-14(23-13)24(21,22)19-10-4-5-12(17)11-19;/h6-7,12H,4-5,8-11,17H2,1-3H3,(H,18,20);1H. The monoisotopic (exact) mass is 409 g/mol. The van der Waals surface area contributed by atoms with Crippen LogP contribution in [0, 0.1) is 5.41 Å². The molecular weight excluding hydrogens is 382 g/mol. The maximum absolute atomic E-state index is 12.7. The SMILES string of the molecule is CC(C)(C)C(=O)NCCc1ccc(S(=O)(=O)N2CCCC(N)C2)s1.Cl. The van der Waals surface area contributed by atoms with Crippen LogP contribution in [0.25, 0.3) is 0 Å². The minimum atomic E-state index is -3.45. The number of carbonyl (C=O) groups is 1. The van der Waals surface area contributed by atoms with Gasteiger partial charge in [-0.05, 0) is 31.4 Å². The van der Waals surface area contributed by atoms with Gasteiger partial charge in [0.05, 0.1) is 0 Å². The maximum atomic E-state index is 12.7. The van der Waals surface area contributed by atoms with Crippen molar-refractivity contribution < 1.29 is 13.2 Å². The van der Waals surface area contributed by atoms with E-state index < -0.39 is 15.4 Å². The van der Waals surface area contributed by atoms with Crippen LogP contribution in [0.15, 0.2) is 16.3 Å². The molecule has 1 saturated heterocycles. The van der Waals surface area contributed by atoms with E-state index in [1.165, 1.54) is 15.6 Å². The molecule has 144 valence electrons. The number of sulfonamides is 1. The van der Waals surface area contributed by atoms with Gasteiger partial charge in [0.15, 0.2) is 0 Å². The van der Waals surface area contributed by atoms with E-state index in [1.54, 1.807) is 6.07 Å². The zero-order valence-corrected chi connectivity index (χ0v) is 17.4. The molecule has 9 heteroatoms. The fourth-order valence-electron chi connectivity index (χ4n) is 2.52. The van der Waals surface area contributed by atoms with Gasteiger partial charge in [0.1, 0.15) is 4.21 Å². The number of carbonyl (C=O) groups excluding carboxylic acids is 1. The highest BCUT2D eigenvalue weighted by atomic mass is 35.5. The summed E-state index contributed by atoms with van der Waals surface area (Å²) in [5.74, 6) is -0.00537. The van der Waals surface area contributed by atoms with Gasteiger partial charge >= 0.3 is 0 Å². The zero-order chi connectivity index (χ0) is 18.0. The van der Waals surface area contributed by atoms with Crippen LogP contribution in [0.2, 0.25) is 0 Å². The molecule has 0 saturated carbocycles. The van der Waals surface area contributed by atoms with Crippen LogP contribution >= 0.6 is 23.7 Å². The van der Waals surface area contributed by atoms with E-state index in [1.807, 2.05) is 26.8 Å². The molecule has 1 amide bonds. The molecule has 25 heavy (non-hydrogen) atoms. The zero-order valence-electron chi connectivity index (χ0n) is 14.9. The number of amides is 1. The molecular formula is C16H28ClN3O3S2. The number of nitrogens with zero attached hydrogens (tertiary/aromatic N) is 1. The van der Waals surface area contributed by atoms with E-state index in [2.05, 4.69) is 5.32 Å². The predicted molar refractivity (Wildman–Crippen MR) is 104 cm³/mol. The smallest absolute Gasteiger partial charge is 0.252 e. The van der Waals surface area contributed by atoms with E-state index in [0.29, 0.717) is 30.3 Å². The number of piperidine rings is 1. The molecule has 2 rings (SSSR count). The first kappa shape index (κ1) is 22.4. The Labute approximate surface area is 160 Å². The van der Waals surface area contributed by atoms with Crippen LogP contribution in [-0.4, -0.2) is 44.3 Å². The third kappa shape index (κ3) is 5.92. The third-order valence-electron chi connectivity index (χ3n) is 3.99. The molecule has 1 atom stereocenters. The fraction of sp³-hybridized carbons (Fsp3) is 0.688. The van der Waals surface area contributed by atoms with E-state index in [-0.39, 0.29) is 24.4 Å². The molecule has 1 aliphatic rings. The highest BCUT2D eigenvalue weighted by Crippen LogP contribution is 2.27. The Hall–Kier alpha value is -0.670. The Morgan fingerprint density at radius 3 is 2.68 bits per heavy atom. The molecule has 0 aliphatic carbocycles. The van der Waals surface area contributed by atoms with E-state index in [4.69, 9.17) is 5.73 Å². The predicted octanol–water partition coefficient (Wildman–Crippen LogP) is 1.99. The van der Waals surface area contributed by atoms with Gasteiger partial charge in [-0.25, -0.2) is 8.42 Å². The Kier molecular flexibility index (Phi) is 7.89. The molecule has 0 radical (unpaired) electrons. The van der Waals surface area contributed by atoms with Crippen LogP contribution in [0.3, 0.4) is 0 Å². The molecule has 1 unspecified atom stereocenters. The largest absolute Gasteiger partial charge is 0.355 e. The van der Waals surface area contributed by atoms with Crippen molar-refractivity contribution in [2.24, 2.45) is 11.1 Å². The highest BCUT2D eigenvalue weighted by molar-refractivity contribution is 7.91. The lowest BCUT2D eigenvalue weighted by Crippen LogP contribution is -2.45. The molecule has 1 aliphatic heterocycles. The van der Waals surface area contributed by atoms with Gasteiger partial charge in [-0.2, -0.15) is 4.31 Å². The van der Waals surface area contributed by atoms with Crippen LogP contribution in [0.1, 0.15) is 38.5 Å². The average molecular weight is 410 g/mol. The Balaban J connectivity index is 0.00000312. The third-order valence-corrected chi connectivity index (χ3v) is 7.47. The van der Waals surface area contributed by atoms with Gasteiger partial charge in [0.2, 0.25) is 5.91 Å². The van der Waals surface area contributed by atoms with Crippen LogP contribution in [0.4, 0.5) is 0 Å². The molecule has 1 aromatic heterocycles. The van der Waals surface area contributed by atoms with Crippen molar-refractivity contribution in [3.63, 3.8) is 0 Å². The second kappa shape index (κ2) is 8.81. The molecule has 1 fully saturated rings. The Bertz CT molecular complexity index is 683. The van der Waals surface area contributed by atoms with Gasteiger partial charge in [-0.1, -0.05) is 20.8 Å². The number of nitrogens with two attached hydrogens (primary N) is 1. The van der Waals surface area contributed by atoms with Gasteiger partial charge < -0.3 is 11.1 Å². The van der Waals surface area contributed by atoms with Gasteiger partial charge in [-0.15, -0.1) is 23.7 Å². The van der Waals surface area contributed by atoms with Crippen molar-refractivity contribution in [3.05, 3.63) is 17.0 Å². The van der Waals surface area contributed by atoms with Crippen molar-refractivity contribution >= 4 is 39.7 Å². The van der Waals surface area contributed by atoms with Gasteiger partial charge in [0, 0.05) is 36.0 Å². The summed E-state index contributed by atoms with van der Waals surface area (Å²) in [6.07, 6.45) is 2.30. The Morgan fingerprint density at radius 2 is 2.08 bits per heavy atom. The average Bonchev–Trinajstić information content (AvgIpc) is 2.95. The number of nitrogens with one attached hydrogen (secondary N) is 1. The van der Waals surface area contributed by atoms with Crippen molar-refractivity contribution in [1.82, 2.24) is 9.62 Å². The molecule has 3 N–H and O–H groups in total. The fourth-order valence-corrected chi connectivity index (χ4v) is 5.56. The van der Waals surface area contributed by atoms with E-state index in [9.17, 15) is 13.2 Å². The van der Waals surface area contributed by atoms with Gasteiger partial charge in [-0.3, -0.25) is 4.79 Å². The summed E-state index contributed by atoms with van der Waals surface area (Å²) in [7, 11) is -3.45. The summed E-state index contributed by atoms with van der Waals surface area (Å²) in [5.41, 5.74) is 5.47. The molecule has 6 nitrogen and oxygen atoms in total. The molecule has 0 aromatic carbocycles. The van der Waals surface area contributed by atoms with Crippen molar-refractivity contribution in [1.29, 1.82) is 0 Å². The van der Waals surface area contributed by atoms with E-state index >= 15 is 0 Å².